The zero-order valence-electron chi connectivity index (χ0n) is 17.8. The van der Waals surface area contributed by atoms with E-state index >= 15 is 0 Å². The number of pyridine rings is 1. The summed E-state index contributed by atoms with van der Waals surface area (Å²) in [6.45, 7) is 2.83. The molecule has 0 unspecified atom stereocenters. The molecule has 0 aliphatic carbocycles. The molecule has 4 rings (SSSR count). The van der Waals surface area contributed by atoms with Gasteiger partial charge in [-0.25, -0.2) is 0 Å². The SMILES string of the molecule is CC(=O)Nc1ccc(C(=O)N2CCO[C@@H](c3cccc(Cc4ccccc4Cl)n3)C2)cc1. The van der Waals surface area contributed by atoms with E-state index in [2.05, 4.69) is 5.32 Å². The summed E-state index contributed by atoms with van der Waals surface area (Å²) in [6, 6.07) is 20.5. The number of hydrogen-bond acceptors (Lipinski definition) is 4. The van der Waals surface area contributed by atoms with E-state index in [-0.39, 0.29) is 17.9 Å². The molecule has 1 fully saturated rings. The average Bonchev–Trinajstić information content (AvgIpc) is 2.80. The number of morpholine rings is 1. The second-order valence-electron chi connectivity index (χ2n) is 7.69. The molecule has 3 aromatic rings. The number of halogens is 1. The first kappa shape index (κ1) is 22.0. The first-order valence-electron chi connectivity index (χ1n) is 10.5. The Labute approximate surface area is 192 Å². The van der Waals surface area contributed by atoms with E-state index in [0.29, 0.717) is 37.4 Å². The fourth-order valence-electron chi connectivity index (χ4n) is 3.71. The van der Waals surface area contributed by atoms with E-state index in [4.69, 9.17) is 21.3 Å². The van der Waals surface area contributed by atoms with Gasteiger partial charge in [0.2, 0.25) is 5.91 Å². The summed E-state index contributed by atoms with van der Waals surface area (Å²) in [7, 11) is 0. The number of ether oxygens (including phenoxy) is 1. The second-order valence-corrected chi connectivity index (χ2v) is 8.10. The van der Waals surface area contributed by atoms with Crippen molar-refractivity contribution in [3.63, 3.8) is 0 Å². The molecule has 1 aliphatic rings. The third-order valence-corrected chi connectivity index (χ3v) is 5.66. The molecule has 2 amide bonds. The lowest BCUT2D eigenvalue weighted by Gasteiger charge is -2.33. The van der Waals surface area contributed by atoms with Gasteiger partial charge in [0.25, 0.3) is 5.91 Å². The number of amides is 2. The number of rotatable bonds is 5. The Morgan fingerprint density at radius 1 is 1.09 bits per heavy atom. The van der Waals surface area contributed by atoms with Crippen LogP contribution >= 0.6 is 11.6 Å². The Balaban J connectivity index is 1.45. The molecule has 1 atom stereocenters. The van der Waals surface area contributed by atoms with Gasteiger partial charge in [0, 0.05) is 41.9 Å². The molecule has 1 saturated heterocycles. The summed E-state index contributed by atoms with van der Waals surface area (Å²) in [5, 5.41) is 3.42. The van der Waals surface area contributed by atoms with Gasteiger partial charge in [0.1, 0.15) is 6.10 Å². The van der Waals surface area contributed by atoms with Crippen LogP contribution in [0.25, 0.3) is 0 Å². The van der Waals surface area contributed by atoms with Crippen LogP contribution in [0.4, 0.5) is 5.69 Å². The topological polar surface area (TPSA) is 71.5 Å². The maximum atomic E-state index is 13.0. The summed E-state index contributed by atoms with van der Waals surface area (Å²) in [6.07, 6.45) is 0.335. The highest BCUT2D eigenvalue weighted by molar-refractivity contribution is 6.31. The van der Waals surface area contributed by atoms with Gasteiger partial charge in [-0.05, 0) is 48.0 Å². The Morgan fingerprint density at radius 3 is 2.62 bits per heavy atom. The molecule has 7 heteroatoms. The number of benzene rings is 2. The molecule has 0 radical (unpaired) electrons. The van der Waals surface area contributed by atoms with E-state index in [1.54, 1.807) is 29.2 Å². The van der Waals surface area contributed by atoms with Gasteiger partial charge in [-0.15, -0.1) is 0 Å². The van der Waals surface area contributed by atoms with Crippen LogP contribution < -0.4 is 5.32 Å². The Bertz CT molecular complexity index is 1120. The maximum absolute atomic E-state index is 13.0. The minimum Gasteiger partial charge on any atom is -0.368 e. The van der Waals surface area contributed by atoms with Crippen molar-refractivity contribution >= 4 is 29.1 Å². The molecule has 1 aromatic heterocycles. The lowest BCUT2D eigenvalue weighted by Crippen LogP contribution is -2.42. The monoisotopic (exact) mass is 449 g/mol. The molecule has 0 saturated carbocycles. The molecule has 1 N–H and O–H groups in total. The number of anilines is 1. The molecule has 0 spiro atoms. The van der Waals surface area contributed by atoms with E-state index in [0.717, 1.165) is 22.0 Å². The van der Waals surface area contributed by atoms with Gasteiger partial charge in [0.15, 0.2) is 0 Å². The van der Waals surface area contributed by atoms with Crippen molar-refractivity contribution < 1.29 is 14.3 Å². The lowest BCUT2D eigenvalue weighted by molar-refractivity contribution is -0.114. The Morgan fingerprint density at radius 2 is 1.88 bits per heavy atom. The van der Waals surface area contributed by atoms with Gasteiger partial charge in [0.05, 0.1) is 18.8 Å². The average molecular weight is 450 g/mol. The summed E-state index contributed by atoms with van der Waals surface area (Å²) >= 11 is 6.29. The zero-order chi connectivity index (χ0) is 22.5. The van der Waals surface area contributed by atoms with Crippen LogP contribution in [0, 0.1) is 0 Å². The molecular formula is C25H24ClN3O3. The zero-order valence-corrected chi connectivity index (χ0v) is 18.5. The highest BCUT2D eigenvalue weighted by Crippen LogP contribution is 2.24. The summed E-state index contributed by atoms with van der Waals surface area (Å²) in [5.41, 5.74) is 3.95. The number of carbonyl (C=O) groups excluding carboxylic acids is 2. The van der Waals surface area contributed by atoms with Gasteiger partial charge < -0.3 is 15.0 Å². The van der Waals surface area contributed by atoms with Gasteiger partial charge in [-0.1, -0.05) is 35.9 Å². The van der Waals surface area contributed by atoms with Gasteiger partial charge >= 0.3 is 0 Å². The van der Waals surface area contributed by atoms with Crippen LogP contribution in [0.5, 0.6) is 0 Å². The second kappa shape index (κ2) is 9.94. The van der Waals surface area contributed by atoms with Crippen molar-refractivity contribution in [2.75, 3.05) is 25.0 Å². The fourth-order valence-corrected chi connectivity index (χ4v) is 3.91. The Hall–Kier alpha value is -3.22. The summed E-state index contributed by atoms with van der Waals surface area (Å²) in [4.78, 5) is 30.7. The molecule has 164 valence electrons. The van der Waals surface area contributed by atoms with Crippen LogP contribution in [-0.4, -0.2) is 41.4 Å². The lowest BCUT2D eigenvalue weighted by atomic mass is 10.1. The minimum absolute atomic E-state index is 0.0695. The molecule has 2 heterocycles. The van der Waals surface area contributed by atoms with Crippen LogP contribution in [0.3, 0.4) is 0 Å². The molecule has 2 aromatic carbocycles. The molecular weight excluding hydrogens is 426 g/mol. The van der Waals surface area contributed by atoms with Crippen LogP contribution in [0.2, 0.25) is 5.02 Å². The van der Waals surface area contributed by atoms with E-state index in [9.17, 15) is 9.59 Å². The predicted octanol–water partition coefficient (Wildman–Crippen LogP) is 4.50. The third kappa shape index (κ3) is 5.33. The minimum atomic E-state index is -0.294. The quantitative estimate of drug-likeness (QED) is 0.622. The standard InChI is InChI=1S/C25H24ClN3O3/c1-17(30)27-20-11-9-18(10-12-20)25(31)29-13-14-32-24(16-29)23-8-4-6-21(28-23)15-19-5-2-3-7-22(19)26/h2-12,24H,13-16H2,1H3,(H,27,30)/t24-/m1/s1. The first-order chi connectivity index (χ1) is 15.5. The van der Waals surface area contributed by atoms with Crippen molar-refractivity contribution in [2.24, 2.45) is 0 Å². The number of hydrogen-bond donors (Lipinski definition) is 1. The summed E-state index contributed by atoms with van der Waals surface area (Å²) < 4.78 is 5.94. The van der Waals surface area contributed by atoms with E-state index in [1.807, 2.05) is 42.5 Å². The fraction of sp³-hybridized carbons (Fsp3) is 0.240. The van der Waals surface area contributed by atoms with Crippen molar-refractivity contribution in [2.45, 2.75) is 19.4 Å². The van der Waals surface area contributed by atoms with Crippen molar-refractivity contribution in [1.29, 1.82) is 0 Å². The number of nitrogens with zero attached hydrogens (tertiary/aromatic N) is 2. The smallest absolute Gasteiger partial charge is 0.254 e. The highest BCUT2D eigenvalue weighted by Gasteiger charge is 2.27. The van der Waals surface area contributed by atoms with Crippen LogP contribution in [0.15, 0.2) is 66.7 Å². The van der Waals surface area contributed by atoms with Gasteiger partial charge in [-0.3, -0.25) is 14.6 Å². The number of carbonyl (C=O) groups is 2. The van der Waals surface area contributed by atoms with Crippen molar-refractivity contribution in [1.82, 2.24) is 9.88 Å². The normalized spacial score (nSPS) is 15.9. The Kier molecular flexibility index (Phi) is 6.83. The van der Waals surface area contributed by atoms with E-state index < -0.39 is 0 Å². The molecule has 32 heavy (non-hydrogen) atoms. The molecule has 1 aliphatic heterocycles. The number of aromatic nitrogens is 1. The molecule has 6 nitrogen and oxygen atoms in total. The largest absolute Gasteiger partial charge is 0.368 e. The van der Waals surface area contributed by atoms with E-state index in [1.165, 1.54) is 6.92 Å². The predicted molar refractivity (Wildman–Crippen MR) is 124 cm³/mol. The maximum Gasteiger partial charge on any atom is 0.254 e. The van der Waals surface area contributed by atoms with Crippen molar-refractivity contribution in [3.05, 3.63) is 94.3 Å². The van der Waals surface area contributed by atoms with Crippen molar-refractivity contribution in [3.8, 4) is 0 Å². The van der Waals surface area contributed by atoms with Crippen LogP contribution in [-0.2, 0) is 16.0 Å². The highest BCUT2D eigenvalue weighted by atomic mass is 35.5. The molecule has 0 bridgehead atoms. The summed E-state index contributed by atoms with van der Waals surface area (Å²) in [5.74, 6) is -0.218. The number of nitrogens with one attached hydrogen (secondary N) is 1. The third-order valence-electron chi connectivity index (χ3n) is 5.29. The van der Waals surface area contributed by atoms with Crippen LogP contribution in [0.1, 0.15) is 40.3 Å². The van der Waals surface area contributed by atoms with Gasteiger partial charge in [-0.2, -0.15) is 0 Å². The first-order valence-corrected chi connectivity index (χ1v) is 10.8.